The number of rotatable bonds is 7. The summed E-state index contributed by atoms with van der Waals surface area (Å²) in [5, 5.41) is 12.2. The Morgan fingerprint density at radius 2 is 2.08 bits per heavy atom. The predicted molar refractivity (Wildman–Crippen MR) is 103 cm³/mol. The number of nitrogens with zero attached hydrogens (tertiary/aromatic N) is 3. The molecule has 0 aliphatic heterocycles. The van der Waals surface area contributed by atoms with Crippen LogP contribution in [0.2, 0.25) is 0 Å². The van der Waals surface area contributed by atoms with Crippen LogP contribution in [0, 0.1) is 11.3 Å². The van der Waals surface area contributed by atoms with Crippen molar-refractivity contribution in [3.05, 3.63) is 64.7 Å². The second-order valence-corrected chi connectivity index (χ2v) is 6.22. The van der Waals surface area contributed by atoms with E-state index >= 15 is 0 Å². The summed E-state index contributed by atoms with van der Waals surface area (Å²) in [6.45, 7) is 1.01. The Bertz CT molecular complexity index is 929. The molecule has 26 heavy (non-hydrogen) atoms. The number of thiazole rings is 1. The molecule has 0 atom stereocenters. The van der Waals surface area contributed by atoms with Gasteiger partial charge in [0.2, 0.25) is 0 Å². The zero-order valence-electron chi connectivity index (χ0n) is 14.3. The first kappa shape index (κ1) is 17.8. The molecule has 0 fully saturated rings. The molecular weight excluding hydrogens is 346 g/mol. The molecule has 2 heterocycles. The highest BCUT2D eigenvalue weighted by atomic mass is 32.1. The van der Waals surface area contributed by atoms with E-state index in [0.29, 0.717) is 23.8 Å². The zero-order chi connectivity index (χ0) is 18.2. The van der Waals surface area contributed by atoms with Crippen LogP contribution in [0.5, 0.6) is 5.75 Å². The van der Waals surface area contributed by atoms with Crippen LogP contribution in [0.1, 0.15) is 10.6 Å². The normalized spacial score (nSPS) is 11.2. The third-order valence-electron chi connectivity index (χ3n) is 3.56. The number of nitriles is 1. The molecule has 0 bridgehead atoms. The van der Waals surface area contributed by atoms with Crippen molar-refractivity contribution in [1.29, 1.82) is 5.26 Å². The maximum absolute atomic E-state index is 9.55. The van der Waals surface area contributed by atoms with Gasteiger partial charge in [-0.05, 0) is 35.9 Å². The lowest BCUT2D eigenvalue weighted by Crippen LogP contribution is -2.04. The number of methoxy groups -OCH3 is 1. The fourth-order valence-corrected chi connectivity index (χ4v) is 3.09. The van der Waals surface area contributed by atoms with Crippen LogP contribution >= 0.6 is 11.3 Å². The van der Waals surface area contributed by atoms with Crippen LogP contribution in [-0.4, -0.2) is 30.3 Å². The van der Waals surface area contributed by atoms with Crippen molar-refractivity contribution < 1.29 is 9.47 Å². The largest absolute Gasteiger partial charge is 0.491 e. The Morgan fingerprint density at radius 1 is 1.23 bits per heavy atom. The highest BCUT2D eigenvalue weighted by Crippen LogP contribution is 2.27. The van der Waals surface area contributed by atoms with Gasteiger partial charge < -0.3 is 9.47 Å². The third kappa shape index (κ3) is 4.54. The van der Waals surface area contributed by atoms with Gasteiger partial charge in [-0.1, -0.05) is 12.1 Å². The van der Waals surface area contributed by atoms with Gasteiger partial charge in [-0.25, -0.2) is 4.98 Å². The molecule has 130 valence electrons. The fraction of sp³-hybridized carbons (Fsp3) is 0.150. The summed E-state index contributed by atoms with van der Waals surface area (Å²) in [7, 11) is 1.63. The van der Waals surface area contributed by atoms with Crippen molar-refractivity contribution >= 4 is 23.0 Å². The molecule has 1 aromatic carbocycles. The van der Waals surface area contributed by atoms with Crippen molar-refractivity contribution in [1.82, 2.24) is 9.97 Å². The summed E-state index contributed by atoms with van der Waals surface area (Å²) in [6, 6.07) is 13.6. The van der Waals surface area contributed by atoms with E-state index in [2.05, 4.69) is 16.0 Å². The van der Waals surface area contributed by atoms with Crippen molar-refractivity contribution in [3.63, 3.8) is 0 Å². The number of benzene rings is 1. The van der Waals surface area contributed by atoms with Gasteiger partial charge in [0.25, 0.3) is 0 Å². The van der Waals surface area contributed by atoms with Crippen molar-refractivity contribution in [2.75, 3.05) is 20.3 Å². The summed E-state index contributed by atoms with van der Waals surface area (Å²) in [6.07, 6.45) is 5.27. The molecule has 0 amide bonds. The van der Waals surface area contributed by atoms with Crippen LogP contribution in [-0.2, 0) is 4.74 Å². The summed E-state index contributed by atoms with van der Waals surface area (Å²) in [5.74, 6) is 0.740. The fourth-order valence-electron chi connectivity index (χ4n) is 2.30. The second-order valence-electron chi connectivity index (χ2n) is 5.36. The average Bonchev–Trinajstić information content (AvgIpc) is 3.17. The topological polar surface area (TPSA) is 68.0 Å². The molecule has 3 aromatic rings. The van der Waals surface area contributed by atoms with E-state index in [9.17, 15) is 5.26 Å². The minimum atomic E-state index is 0.483. The van der Waals surface area contributed by atoms with Gasteiger partial charge in [0.15, 0.2) is 0 Å². The number of hydrogen-bond donors (Lipinski definition) is 0. The third-order valence-corrected chi connectivity index (χ3v) is 4.43. The monoisotopic (exact) mass is 363 g/mol. The molecule has 0 saturated carbocycles. The predicted octanol–water partition coefficient (Wildman–Crippen LogP) is 4.29. The summed E-state index contributed by atoms with van der Waals surface area (Å²) in [4.78, 5) is 8.59. The summed E-state index contributed by atoms with van der Waals surface area (Å²) < 4.78 is 10.6. The number of pyridine rings is 1. The molecule has 6 heteroatoms. The Kier molecular flexibility index (Phi) is 6.09. The number of allylic oxidation sites excluding steroid dienone is 1. The van der Waals surface area contributed by atoms with Crippen molar-refractivity contribution in [3.8, 4) is 23.1 Å². The van der Waals surface area contributed by atoms with E-state index in [1.165, 1.54) is 11.3 Å². The Morgan fingerprint density at radius 3 is 2.85 bits per heavy atom. The van der Waals surface area contributed by atoms with Gasteiger partial charge in [-0.15, -0.1) is 11.3 Å². The highest BCUT2D eigenvalue weighted by Gasteiger charge is 2.09. The van der Waals surface area contributed by atoms with Crippen LogP contribution in [0.4, 0.5) is 0 Å². The molecule has 2 aromatic heterocycles. The molecule has 3 rings (SSSR count). The lowest BCUT2D eigenvalue weighted by molar-refractivity contribution is 0.146. The average molecular weight is 363 g/mol. The van der Waals surface area contributed by atoms with Gasteiger partial charge >= 0.3 is 0 Å². The van der Waals surface area contributed by atoms with E-state index in [-0.39, 0.29) is 0 Å². The smallest absolute Gasteiger partial charge is 0.134 e. The second kappa shape index (κ2) is 8.90. The minimum absolute atomic E-state index is 0.483. The molecule has 0 N–H and O–H groups in total. The van der Waals surface area contributed by atoms with Gasteiger partial charge in [0.1, 0.15) is 23.4 Å². The maximum Gasteiger partial charge on any atom is 0.134 e. The van der Waals surface area contributed by atoms with E-state index < -0.39 is 0 Å². The standard InChI is InChI=1S/C20H17N3O2S/c1-24-9-10-25-18-4-2-3-15(12-18)11-17(13-21)20-23-19(14-26-20)16-5-7-22-8-6-16/h2-8,11-12,14H,9-10H2,1H3/b17-11+. The van der Waals surface area contributed by atoms with Crippen LogP contribution in [0.3, 0.4) is 0 Å². The Hall–Kier alpha value is -3.01. The molecule has 5 nitrogen and oxygen atoms in total. The summed E-state index contributed by atoms with van der Waals surface area (Å²) >= 11 is 1.45. The molecule has 0 radical (unpaired) electrons. The lowest BCUT2D eigenvalue weighted by atomic mass is 10.1. The Labute approximate surface area is 156 Å². The number of hydrogen-bond acceptors (Lipinski definition) is 6. The molecule has 0 spiro atoms. The molecule has 0 saturated heterocycles. The van der Waals surface area contributed by atoms with E-state index in [0.717, 1.165) is 22.6 Å². The van der Waals surface area contributed by atoms with Gasteiger partial charge in [-0.2, -0.15) is 5.26 Å². The van der Waals surface area contributed by atoms with Gasteiger partial charge in [0, 0.05) is 30.4 Å². The van der Waals surface area contributed by atoms with Gasteiger partial charge in [0.05, 0.1) is 17.9 Å². The molecule has 0 aliphatic rings. The van der Waals surface area contributed by atoms with Crippen LogP contribution in [0.15, 0.2) is 54.2 Å². The molecule has 0 unspecified atom stereocenters. The molecular formula is C20H17N3O2S. The van der Waals surface area contributed by atoms with E-state index in [1.54, 1.807) is 19.5 Å². The minimum Gasteiger partial charge on any atom is -0.491 e. The first-order valence-electron chi connectivity index (χ1n) is 8.00. The number of ether oxygens (including phenoxy) is 2. The van der Waals surface area contributed by atoms with Crippen LogP contribution in [0.25, 0.3) is 22.9 Å². The maximum atomic E-state index is 9.55. The van der Waals surface area contributed by atoms with Crippen molar-refractivity contribution in [2.24, 2.45) is 0 Å². The van der Waals surface area contributed by atoms with E-state index in [1.807, 2.05) is 47.9 Å². The Balaban J connectivity index is 1.82. The highest BCUT2D eigenvalue weighted by molar-refractivity contribution is 7.11. The quantitative estimate of drug-likeness (QED) is 0.462. The SMILES string of the molecule is COCCOc1cccc(/C=C(\C#N)c2nc(-c3ccncc3)cs2)c1. The summed E-state index contributed by atoms with van der Waals surface area (Å²) in [5.41, 5.74) is 3.22. The van der Waals surface area contributed by atoms with E-state index in [4.69, 9.17) is 9.47 Å². The zero-order valence-corrected chi connectivity index (χ0v) is 15.1. The lowest BCUT2D eigenvalue weighted by Gasteiger charge is -2.06. The molecule has 0 aliphatic carbocycles. The first-order valence-corrected chi connectivity index (χ1v) is 8.88. The van der Waals surface area contributed by atoms with Gasteiger partial charge in [-0.3, -0.25) is 4.98 Å². The van der Waals surface area contributed by atoms with Crippen LogP contribution < -0.4 is 4.74 Å². The van der Waals surface area contributed by atoms with Crippen molar-refractivity contribution in [2.45, 2.75) is 0 Å². The number of aromatic nitrogens is 2. The first-order chi connectivity index (χ1) is 12.8.